The minimum absolute atomic E-state index is 0.787. The summed E-state index contributed by atoms with van der Waals surface area (Å²) in [4.78, 5) is 14.5. The van der Waals surface area contributed by atoms with Gasteiger partial charge >= 0.3 is 0 Å². The van der Waals surface area contributed by atoms with Gasteiger partial charge in [-0.3, -0.25) is 9.97 Å². The second kappa shape index (κ2) is 9.16. The van der Waals surface area contributed by atoms with Gasteiger partial charge in [0.25, 0.3) is 0 Å². The highest BCUT2D eigenvalue weighted by Gasteiger charge is 2.10. The molecule has 0 N–H and O–H groups in total. The Hall–Kier alpha value is -3.77. The lowest BCUT2D eigenvalue weighted by molar-refractivity contribution is 0.415. The Kier molecular flexibility index (Phi) is 5.77. The average Bonchev–Trinajstić information content (AvgIpc) is 3.25. The Bertz CT molecular complexity index is 1410. The molecule has 0 fully saturated rings. The van der Waals surface area contributed by atoms with Crippen molar-refractivity contribution in [1.29, 1.82) is 0 Å². The predicted octanol–water partition coefficient (Wildman–Crippen LogP) is 5.64. The fraction of sp³-hybridized carbons (Fsp3) is 0.115. The minimum atomic E-state index is 0.787. The molecule has 158 valence electrons. The molecule has 0 amide bonds. The summed E-state index contributed by atoms with van der Waals surface area (Å²) in [5.41, 5.74) is 4.21. The average molecular weight is 439 g/mol. The Morgan fingerprint density at radius 2 is 1.88 bits per heavy atom. The molecule has 5 rings (SSSR count). The van der Waals surface area contributed by atoms with Crippen LogP contribution in [0.3, 0.4) is 0 Å². The molecule has 0 unspecified atom stereocenters. The van der Waals surface area contributed by atoms with Gasteiger partial charge in [-0.25, -0.2) is 4.99 Å². The van der Waals surface area contributed by atoms with Crippen molar-refractivity contribution in [3.8, 4) is 17.0 Å². The van der Waals surface area contributed by atoms with Crippen LogP contribution in [0.2, 0.25) is 0 Å². The number of fused-ring (bicyclic) bond motifs is 1. The van der Waals surface area contributed by atoms with Gasteiger partial charge in [-0.05, 0) is 58.8 Å². The molecule has 3 heterocycles. The van der Waals surface area contributed by atoms with E-state index < -0.39 is 0 Å². The van der Waals surface area contributed by atoms with Crippen molar-refractivity contribution >= 4 is 27.8 Å². The van der Waals surface area contributed by atoms with Crippen molar-refractivity contribution in [2.24, 2.45) is 4.99 Å². The largest absolute Gasteiger partial charge is 0.497 e. The van der Waals surface area contributed by atoms with Gasteiger partial charge in [-0.2, -0.15) is 0 Å². The highest BCUT2D eigenvalue weighted by Crippen LogP contribution is 2.28. The molecule has 0 bridgehead atoms. The molecule has 0 aliphatic rings. The van der Waals surface area contributed by atoms with E-state index >= 15 is 0 Å². The normalized spacial score (nSPS) is 11.7. The maximum absolute atomic E-state index is 5.36. The van der Waals surface area contributed by atoms with Crippen LogP contribution in [0, 0.1) is 0 Å². The molecule has 5 aromatic rings. The zero-order chi connectivity index (χ0) is 21.8. The Balaban J connectivity index is 1.58. The first kappa shape index (κ1) is 20.2. The van der Waals surface area contributed by atoms with E-state index in [1.165, 1.54) is 5.39 Å². The number of methoxy groups -OCH3 is 1. The number of thiazole rings is 1. The monoisotopic (exact) mass is 438 g/mol. The van der Waals surface area contributed by atoms with E-state index in [2.05, 4.69) is 56.3 Å². The van der Waals surface area contributed by atoms with E-state index in [1.54, 1.807) is 30.8 Å². The molecule has 0 saturated heterocycles. The van der Waals surface area contributed by atoms with Crippen LogP contribution >= 0.6 is 11.3 Å². The van der Waals surface area contributed by atoms with E-state index in [-0.39, 0.29) is 0 Å². The second-order valence-electron chi connectivity index (χ2n) is 7.38. The third kappa shape index (κ3) is 4.31. The molecular weight excluding hydrogens is 416 g/mol. The number of aromatic nitrogens is 3. The quantitative estimate of drug-likeness (QED) is 0.345. The van der Waals surface area contributed by atoms with E-state index in [0.717, 1.165) is 51.5 Å². The molecule has 2 aromatic carbocycles. The van der Waals surface area contributed by atoms with Crippen molar-refractivity contribution in [1.82, 2.24) is 14.5 Å². The van der Waals surface area contributed by atoms with Crippen LogP contribution in [-0.4, -0.2) is 21.6 Å². The van der Waals surface area contributed by atoms with Crippen molar-refractivity contribution in [2.45, 2.75) is 13.0 Å². The summed E-state index contributed by atoms with van der Waals surface area (Å²) in [6.45, 7) is 0.787. The minimum Gasteiger partial charge on any atom is -0.497 e. The van der Waals surface area contributed by atoms with Gasteiger partial charge in [-0.1, -0.05) is 24.3 Å². The van der Waals surface area contributed by atoms with Crippen molar-refractivity contribution in [2.75, 3.05) is 7.11 Å². The summed E-state index contributed by atoms with van der Waals surface area (Å²) in [6, 6.07) is 22.6. The van der Waals surface area contributed by atoms with Crippen molar-refractivity contribution < 1.29 is 4.74 Å². The van der Waals surface area contributed by atoms with Gasteiger partial charge < -0.3 is 9.30 Å². The highest BCUT2D eigenvalue weighted by atomic mass is 32.1. The number of aryl methyl sites for hydroxylation is 1. The second-order valence-corrected chi connectivity index (χ2v) is 8.21. The summed E-state index contributed by atoms with van der Waals surface area (Å²) < 4.78 is 7.64. The molecule has 5 nitrogen and oxygen atoms in total. The standard InChI is InChI=1S/C26H22N4OS/c1-31-24-10-9-19-15-21(8-7-20(19)16-24)25-18-32-26(29-23-6-4-12-27-17-23)30(25)14-11-22-5-2-3-13-28-22/h2-10,12-13,15-18H,11,14H2,1H3. The number of hydrogen-bond acceptors (Lipinski definition) is 5. The molecule has 0 spiro atoms. The Morgan fingerprint density at radius 3 is 2.69 bits per heavy atom. The van der Waals surface area contributed by atoms with E-state index in [9.17, 15) is 0 Å². The summed E-state index contributed by atoms with van der Waals surface area (Å²) in [6.07, 6.45) is 6.21. The van der Waals surface area contributed by atoms with Gasteiger partial charge in [0.2, 0.25) is 0 Å². The first-order chi connectivity index (χ1) is 15.8. The van der Waals surface area contributed by atoms with E-state index in [0.29, 0.717) is 0 Å². The first-order valence-electron chi connectivity index (χ1n) is 10.4. The van der Waals surface area contributed by atoms with Gasteiger partial charge in [0.15, 0.2) is 4.80 Å². The number of benzene rings is 2. The van der Waals surface area contributed by atoms with Crippen LogP contribution in [0.5, 0.6) is 5.75 Å². The molecule has 32 heavy (non-hydrogen) atoms. The molecule has 0 aliphatic heterocycles. The van der Waals surface area contributed by atoms with Gasteiger partial charge in [0.1, 0.15) is 5.75 Å². The maximum Gasteiger partial charge on any atom is 0.190 e. The smallest absolute Gasteiger partial charge is 0.190 e. The Labute approximate surface area is 190 Å². The summed E-state index contributed by atoms with van der Waals surface area (Å²) in [5, 5.41) is 4.51. The lowest BCUT2D eigenvalue weighted by atomic mass is 10.0. The van der Waals surface area contributed by atoms with Crippen LogP contribution in [0.25, 0.3) is 22.0 Å². The molecular formula is C26H22N4OS. The van der Waals surface area contributed by atoms with Gasteiger partial charge in [-0.15, -0.1) is 11.3 Å². The summed E-state index contributed by atoms with van der Waals surface area (Å²) in [7, 11) is 1.69. The molecule has 0 aliphatic carbocycles. The number of ether oxygens (including phenoxy) is 1. The molecule has 0 saturated carbocycles. The van der Waals surface area contributed by atoms with Crippen LogP contribution in [0.15, 0.2) is 95.7 Å². The van der Waals surface area contributed by atoms with E-state index in [4.69, 9.17) is 9.73 Å². The lowest BCUT2D eigenvalue weighted by Crippen LogP contribution is -2.17. The van der Waals surface area contributed by atoms with Crippen molar-refractivity contribution in [3.63, 3.8) is 0 Å². The summed E-state index contributed by atoms with van der Waals surface area (Å²) in [5.74, 6) is 0.865. The maximum atomic E-state index is 5.36. The van der Waals surface area contributed by atoms with Crippen LogP contribution in [0.1, 0.15) is 5.69 Å². The molecule has 6 heteroatoms. The lowest BCUT2D eigenvalue weighted by Gasteiger charge is -2.10. The number of nitrogens with zero attached hydrogens (tertiary/aromatic N) is 4. The number of rotatable bonds is 6. The molecule has 0 radical (unpaired) electrons. The van der Waals surface area contributed by atoms with Crippen LogP contribution in [0.4, 0.5) is 5.69 Å². The zero-order valence-electron chi connectivity index (χ0n) is 17.7. The zero-order valence-corrected chi connectivity index (χ0v) is 18.5. The number of hydrogen-bond donors (Lipinski definition) is 0. The molecule has 3 aromatic heterocycles. The third-order valence-electron chi connectivity index (χ3n) is 5.33. The molecule has 0 atom stereocenters. The van der Waals surface area contributed by atoms with Crippen molar-refractivity contribution in [3.05, 3.63) is 101 Å². The predicted molar refractivity (Wildman–Crippen MR) is 129 cm³/mol. The van der Waals surface area contributed by atoms with Crippen LogP contribution < -0.4 is 9.54 Å². The highest BCUT2D eigenvalue weighted by molar-refractivity contribution is 7.07. The third-order valence-corrected chi connectivity index (χ3v) is 6.19. The van der Waals surface area contributed by atoms with Gasteiger partial charge in [0.05, 0.1) is 24.7 Å². The Morgan fingerprint density at radius 1 is 0.969 bits per heavy atom. The van der Waals surface area contributed by atoms with Crippen LogP contribution in [-0.2, 0) is 13.0 Å². The van der Waals surface area contributed by atoms with E-state index in [1.807, 2.05) is 36.5 Å². The topological polar surface area (TPSA) is 52.3 Å². The number of pyridine rings is 2. The summed E-state index contributed by atoms with van der Waals surface area (Å²) >= 11 is 1.64. The van der Waals surface area contributed by atoms with Gasteiger partial charge in [0, 0.05) is 36.4 Å². The fourth-order valence-electron chi connectivity index (χ4n) is 3.68. The first-order valence-corrected chi connectivity index (χ1v) is 11.3. The SMILES string of the molecule is COc1ccc2cc(-c3csc(=Nc4cccnc4)n3CCc3ccccn3)ccc2c1. The fourth-order valence-corrected chi connectivity index (χ4v) is 4.63.